The highest BCUT2D eigenvalue weighted by molar-refractivity contribution is 6.01. The lowest BCUT2D eigenvalue weighted by Crippen LogP contribution is -2.31. The predicted molar refractivity (Wildman–Crippen MR) is 121 cm³/mol. The van der Waals surface area contributed by atoms with Gasteiger partial charge >= 0.3 is 0 Å². The van der Waals surface area contributed by atoms with Gasteiger partial charge in [-0.25, -0.2) is 4.98 Å². The largest absolute Gasteiger partial charge is 0.480 e. The van der Waals surface area contributed by atoms with Crippen LogP contribution in [-0.4, -0.2) is 40.1 Å². The van der Waals surface area contributed by atoms with E-state index >= 15 is 0 Å². The molecule has 0 fully saturated rings. The fraction of sp³-hybridized carbons (Fsp3) is 0.333. The van der Waals surface area contributed by atoms with E-state index < -0.39 is 0 Å². The number of nitrogens with zero attached hydrogens (tertiary/aromatic N) is 3. The van der Waals surface area contributed by atoms with Gasteiger partial charge in [0.15, 0.2) is 0 Å². The van der Waals surface area contributed by atoms with Crippen LogP contribution < -0.4 is 15.4 Å². The lowest BCUT2D eigenvalue weighted by atomic mass is 10.1. The van der Waals surface area contributed by atoms with Gasteiger partial charge in [-0.05, 0) is 25.5 Å². The van der Waals surface area contributed by atoms with Crippen molar-refractivity contribution >= 4 is 11.8 Å². The monoisotopic (exact) mass is 449 g/mol. The zero-order chi connectivity index (χ0) is 23.4. The summed E-state index contributed by atoms with van der Waals surface area (Å²) in [6.07, 6.45) is 3.07. The molecular formula is C24H27N5O4. The quantitative estimate of drug-likeness (QED) is 0.574. The minimum absolute atomic E-state index is 0.176. The summed E-state index contributed by atoms with van der Waals surface area (Å²) < 4.78 is 12.5. The maximum atomic E-state index is 13.1. The number of carbonyl (C=O) groups excluding carboxylic acids is 2. The molecule has 172 valence electrons. The van der Waals surface area contributed by atoms with Gasteiger partial charge in [0.1, 0.15) is 5.69 Å². The molecule has 2 atom stereocenters. The van der Waals surface area contributed by atoms with Gasteiger partial charge < -0.3 is 24.7 Å². The summed E-state index contributed by atoms with van der Waals surface area (Å²) >= 11 is 0. The number of amides is 2. The van der Waals surface area contributed by atoms with Crippen molar-refractivity contribution in [2.75, 3.05) is 13.7 Å². The fourth-order valence-electron chi connectivity index (χ4n) is 3.81. The SMILES string of the molecule is COc1cnc(C(C)NC(=O)c2cc(C(=O)N[C@H](C)c3ccccc3)c3n2CCOC3)cn1. The van der Waals surface area contributed by atoms with Crippen molar-refractivity contribution in [3.05, 3.63) is 77.0 Å². The lowest BCUT2D eigenvalue weighted by molar-refractivity contribution is 0.0774. The van der Waals surface area contributed by atoms with Crippen LogP contribution in [0.1, 0.15) is 63.7 Å². The summed E-state index contributed by atoms with van der Waals surface area (Å²) in [4.78, 5) is 34.6. The van der Waals surface area contributed by atoms with Crippen LogP contribution >= 0.6 is 0 Å². The van der Waals surface area contributed by atoms with E-state index in [-0.39, 0.29) is 30.5 Å². The fourth-order valence-corrected chi connectivity index (χ4v) is 3.81. The molecule has 0 radical (unpaired) electrons. The van der Waals surface area contributed by atoms with Crippen molar-refractivity contribution in [3.8, 4) is 5.88 Å². The Morgan fingerprint density at radius 3 is 2.52 bits per heavy atom. The molecule has 9 nitrogen and oxygen atoms in total. The van der Waals surface area contributed by atoms with E-state index in [0.29, 0.717) is 41.7 Å². The van der Waals surface area contributed by atoms with Gasteiger partial charge in [0.25, 0.3) is 11.8 Å². The summed E-state index contributed by atoms with van der Waals surface area (Å²) in [5, 5.41) is 5.97. The lowest BCUT2D eigenvalue weighted by Gasteiger charge is -2.20. The molecule has 2 amide bonds. The van der Waals surface area contributed by atoms with Crippen LogP contribution in [0.25, 0.3) is 0 Å². The van der Waals surface area contributed by atoms with Gasteiger partial charge in [0, 0.05) is 6.54 Å². The molecule has 1 unspecified atom stereocenters. The third-order valence-electron chi connectivity index (χ3n) is 5.68. The topological polar surface area (TPSA) is 107 Å². The second-order valence-electron chi connectivity index (χ2n) is 7.88. The van der Waals surface area contributed by atoms with E-state index in [1.165, 1.54) is 13.3 Å². The van der Waals surface area contributed by atoms with Gasteiger partial charge in [-0.15, -0.1) is 0 Å². The van der Waals surface area contributed by atoms with Crippen LogP contribution in [0.15, 0.2) is 48.8 Å². The number of fused-ring (bicyclic) bond motifs is 1. The highest BCUT2D eigenvalue weighted by atomic mass is 16.5. The van der Waals surface area contributed by atoms with Crippen LogP contribution in [0.2, 0.25) is 0 Å². The summed E-state index contributed by atoms with van der Waals surface area (Å²) in [7, 11) is 1.52. The van der Waals surface area contributed by atoms with Crippen LogP contribution in [0.4, 0.5) is 0 Å². The Kier molecular flexibility index (Phi) is 6.69. The molecule has 3 aromatic rings. The molecule has 2 aromatic heterocycles. The summed E-state index contributed by atoms with van der Waals surface area (Å²) in [5.74, 6) is -0.134. The molecule has 0 bridgehead atoms. The third-order valence-corrected chi connectivity index (χ3v) is 5.68. The van der Waals surface area contributed by atoms with Gasteiger partial charge in [-0.1, -0.05) is 30.3 Å². The molecule has 1 aromatic carbocycles. The van der Waals surface area contributed by atoms with Crippen LogP contribution in [0.3, 0.4) is 0 Å². The average Bonchev–Trinajstić information content (AvgIpc) is 3.24. The number of ether oxygens (including phenoxy) is 2. The number of hydrogen-bond acceptors (Lipinski definition) is 6. The summed E-state index contributed by atoms with van der Waals surface area (Å²) in [5.41, 5.74) is 3.16. The van der Waals surface area contributed by atoms with Crippen LogP contribution in [-0.2, 0) is 17.9 Å². The molecule has 0 spiro atoms. The first kappa shape index (κ1) is 22.5. The molecular weight excluding hydrogens is 422 g/mol. The Morgan fingerprint density at radius 1 is 1.06 bits per heavy atom. The average molecular weight is 450 g/mol. The van der Waals surface area contributed by atoms with E-state index in [0.717, 1.165) is 5.56 Å². The number of rotatable bonds is 7. The standard InChI is InChI=1S/C24H27N5O4/c1-15(17-7-5-4-6-8-17)27-23(30)18-11-20(29-9-10-33-14-21(18)29)24(31)28-16(2)19-12-26-22(32-3)13-25-19/h4-8,11-13,15-16H,9-10,14H2,1-3H3,(H,27,30)(H,28,31)/t15-,16?/m1/s1. The molecule has 2 N–H and O–H groups in total. The Bertz CT molecular complexity index is 1130. The summed E-state index contributed by atoms with van der Waals surface area (Å²) in [6, 6.07) is 10.8. The number of benzene rings is 1. The number of carbonyl (C=O) groups is 2. The Morgan fingerprint density at radius 2 is 1.82 bits per heavy atom. The maximum Gasteiger partial charge on any atom is 0.268 e. The molecule has 4 rings (SSSR count). The van der Waals surface area contributed by atoms with E-state index in [1.54, 1.807) is 12.3 Å². The molecule has 9 heteroatoms. The molecule has 1 aliphatic heterocycles. The minimum atomic E-state index is -0.378. The molecule has 0 saturated heterocycles. The second kappa shape index (κ2) is 9.83. The Labute approximate surface area is 192 Å². The van der Waals surface area contributed by atoms with Crippen LogP contribution in [0.5, 0.6) is 5.88 Å². The molecule has 1 aliphatic rings. The zero-order valence-electron chi connectivity index (χ0n) is 18.9. The van der Waals surface area contributed by atoms with E-state index in [2.05, 4.69) is 20.6 Å². The Balaban J connectivity index is 1.53. The first-order chi connectivity index (χ1) is 16.0. The first-order valence-corrected chi connectivity index (χ1v) is 10.8. The number of methoxy groups -OCH3 is 1. The van der Waals surface area contributed by atoms with Crippen molar-refractivity contribution in [2.24, 2.45) is 0 Å². The van der Waals surface area contributed by atoms with Crippen molar-refractivity contribution in [2.45, 2.75) is 39.1 Å². The molecule has 33 heavy (non-hydrogen) atoms. The minimum Gasteiger partial charge on any atom is -0.480 e. The smallest absolute Gasteiger partial charge is 0.268 e. The molecule has 0 aliphatic carbocycles. The van der Waals surface area contributed by atoms with Crippen molar-refractivity contribution in [1.82, 2.24) is 25.2 Å². The van der Waals surface area contributed by atoms with E-state index in [9.17, 15) is 9.59 Å². The van der Waals surface area contributed by atoms with Gasteiger partial charge in [-0.3, -0.25) is 14.6 Å². The van der Waals surface area contributed by atoms with Crippen molar-refractivity contribution in [1.29, 1.82) is 0 Å². The third kappa shape index (κ3) is 4.88. The van der Waals surface area contributed by atoms with Crippen molar-refractivity contribution < 1.29 is 19.1 Å². The summed E-state index contributed by atoms with van der Waals surface area (Å²) in [6.45, 7) is 5.00. The maximum absolute atomic E-state index is 13.1. The van der Waals surface area contributed by atoms with Gasteiger partial charge in [0.2, 0.25) is 5.88 Å². The van der Waals surface area contributed by atoms with Crippen LogP contribution in [0, 0.1) is 0 Å². The van der Waals surface area contributed by atoms with Gasteiger partial charge in [0.05, 0.1) is 61.8 Å². The van der Waals surface area contributed by atoms with Crippen molar-refractivity contribution in [3.63, 3.8) is 0 Å². The second-order valence-corrected chi connectivity index (χ2v) is 7.88. The highest BCUT2D eigenvalue weighted by Gasteiger charge is 2.27. The van der Waals surface area contributed by atoms with E-state index in [1.807, 2.05) is 48.7 Å². The number of nitrogens with one attached hydrogen (secondary N) is 2. The van der Waals surface area contributed by atoms with E-state index in [4.69, 9.17) is 9.47 Å². The number of hydrogen-bond donors (Lipinski definition) is 2. The molecule has 0 saturated carbocycles. The predicted octanol–water partition coefficient (Wildman–Crippen LogP) is 2.80. The van der Waals surface area contributed by atoms with Gasteiger partial charge in [-0.2, -0.15) is 0 Å². The zero-order valence-corrected chi connectivity index (χ0v) is 18.9. The number of aromatic nitrogens is 3. The molecule has 3 heterocycles. The normalized spacial score (nSPS) is 14.6. The first-order valence-electron chi connectivity index (χ1n) is 10.8. The Hall–Kier alpha value is -3.72. The highest BCUT2D eigenvalue weighted by Crippen LogP contribution is 2.23.